The quantitative estimate of drug-likeness (QED) is 0.318. The van der Waals surface area contributed by atoms with Crippen LogP contribution in [-0.2, 0) is 5.41 Å². The number of quaternary nitrogens is 1. The average Bonchev–Trinajstić information content (AvgIpc) is 3.19. The molecule has 2 unspecified atom stereocenters. The smallest absolute Gasteiger partial charge is 0.107 e. The number of nitrogens with zero attached hydrogens (tertiary/aromatic N) is 2. The number of halogens is 1. The lowest BCUT2D eigenvalue weighted by molar-refractivity contribution is -0.903. The minimum absolute atomic E-state index is 0. The van der Waals surface area contributed by atoms with Gasteiger partial charge in [0.25, 0.3) is 0 Å². The van der Waals surface area contributed by atoms with Crippen LogP contribution in [0.4, 0.5) is 0 Å². The Morgan fingerprint density at radius 3 is 1.93 bits per heavy atom. The van der Waals surface area contributed by atoms with Crippen LogP contribution < -0.4 is 24.0 Å². The highest BCUT2D eigenvalue weighted by Gasteiger charge is 2.63. The van der Waals surface area contributed by atoms with E-state index in [0.29, 0.717) is 5.92 Å². The van der Waals surface area contributed by atoms with Gasteiger partial charge in [-0.05, 0) is 37.3 Å². The maximum atomic E-state index is 10.4. The summed E-state index contributed by atoms with van der Waals surface area (Å²) >= 11 is 0. The molecule has 1 heterocycles. The van der Waals surface area contributed by atoms with Crippen LogP contribution in [0.25, 0.3) is 0 Å². The number of allylic oxidation sites excluding steroid dienone is 1. The number of fused-ring (bicyclic) bond motifs is 1. The van der Waals surface area contributed by atoms with Crippen molar-refractivity contribution >= 4 is 0 Å². The second-order valence-corrected chi connectivity index (χ2v) is 9.72. The number of benzene rings is 2. The summed E-state index contributed by atoms with van der Waals surface area (Å²) in [6, 6.07) is 23.6. The molecule has 2 aromatic carbocycles. The number of piperidine rings is 1. The molecule has 4 rings (SSSR count). The van der Waals surface area contributed by atoms with Crippen molar-refractivity contribution in [3.05, 3.63) is 83.4 Å². The molecule has 0 spiro atoms. The summed E-state index contributed by atoms with van der Waals surface area (Å²) in [5.74, 6) is 2.24. The first-order valence-corrected chi connectivity index (χ1v) is 11.0. The summed E-state index contributed by atoms with van der Waals surface area (Å²) in [6.45, 7) is 8.16. The minimum atomic E-state index is -0.539. The SMILES string of the molecule is CC(C)=CCC[N+]1(C)CC2C(CC(C#N)(c3ccccc3)c3ccccc3)C2C1.[I-]. The Labute approximate surface area is 199 Å². The normalized spacial score (nSPS) is 26.8. The Hall–Kier alpha value is -1.64. The number of rotatable bonds is 7. The number of hydrogen-bond acceptors (Lipinski definition) is 1. The van der Waals surface area contributed by atoms with E-state index in [1.54, 1.807) is 0 Å². The minimum Gasteiger partial charge on any atom is -1.00 e. The molecule has 30 heavy (non-hydrogen) atoms. The van der Waals surface area contributed by atoms with Gasteiger partial charge in [0.05, 0.1) is 32.8 Å². The van der Waals surface area contributed by atoms with Gasteiger partial charge in [0, 0.05) is 18.3 Å². The third-order valence-corrected chi connectivity index (χ3v) is 7.30. The van der Waals surface area contributed by atoms with E-state index in [1.807, 2.05) is 12.1 Å². The molecule has 0 N–H and O–H groups in total. The highest BCUT2D eigenvalue weighted by molar-refractivity contribution is 5.46. The summed E-state index contributed by atoms with van der Waals surface area (Å²) in [7, 11) is 2.42. The molecular weight excluding hydrogens is 479 g/mol. The molecule has 1 aliphatic heterocycles. The lowest BCUT2D eigenvalue weighted by Gasteiger charge is -2.34. The van der Waals surface area contributed by atoms with Crippen molar-refractivity contribution in [1.29, 1.82) is 5.26 Å². The summed E-state index contributed by atoms with van der Waals surface area (Å²) < 4.78 is 1.20. The highest BCUT2D eigenvalue weighted by atomic mass is 127. The topological polar surface area (TPSA) is 23.8 Å². The molecule has 2 aromatic rings. The van der Waals surface area contributed by atoms with E-state index in [0.717, 1.165) is 29.4 Å². The average molecular weight is 512 g/mol. The Balaban J connectivity index is 0.00000256. The number of nitriles is 1. The van der Waals surface area contributed by atoms with Crippen LogP contribution in [0.15, 0.2) is 72.3 Å². The Morgan fingerprint density at radius 2 is 1.50 bits per heavy atom. The van der Waals surface area contributed by atoms with Crippen molar-refractivity contribution in [3.8, 4) is 6.07 Å². The van der Waals surface area contributed by atoms with Crippen molar-refractivity contribution < 1.29 is 28.5 Å². The van der Waals surface area contributed by atoms with Crippen molar-refractivity contribution in [3.63, 3.8) is 0 Å². The molecule has 1 aliphatic carbocycles. The Morgan fingerprint density at radius 1 is 1.00 bits per heavy atom. The monoisotopic (exact) mass is 512 g/mol. The second kappa shape index (κ2) is 9.24. The molecule has 0 radical (unpaired) electrons. The van der Waals surface area contributed by atoms with Crippen molar-refractivity contribution in [2.24, 2.45) is 17.8 Å². The molecule has 158 valence electrons. The lowest BCUT2D eigenvalue weighted by Crippen LogP contribution is -3.00. The van der Waals surface area contributed by atoms with Gasteiger partial charge in [-0.25, -0.2) is 0 Å². The zero-order valence-electron chi connectivity index (χ0n) is 18.4. The third-order valence-electron chi connectivity index (χ3n) is 7.30. The van der Waals surface area contributed by atoms with Gasteiger partial charge < -0.3 is 28.5 Å². The van der Waals surface area contributed by atoms with Gasteiger partial charge in [0.2, 0.25) is 0 Å². The molecule has 2 aliphatic rings. The van der Waals surface area contributed by atoms with Crippen LogP contribution in [0.5, 0.6) is 0 Å². The fourth-order valence-corrected chi connectivity index (χ4v) is 5.68. The lowest BCUT2D eigenvalue weighted by atomic mass is 9.71. The molecular formula is C27H33IN2. The summed E-state index contributed by atoms with van der Waals surface area (Å²) in [6.07, 6.45) is 4.50. The zero-order chi connectivity index (χ0) is 20.5. The molecule has 0 aromatic heterocycles. The predicted molar refractivity (Wildman–Crippen MR) is 119 cm³/mol. The van der Waals surface area contributed by atoms with E-state index >= 15 is 0 Å². The largest absolute Gasteiger partial charge is 1.00 e. The van der Waals surface area contributed by atoms with E-state index in [9.17, 15) is 5.26 Å². The van der Waals surface area contributed by atoms with E-state index in [-0.39, 0.29) is 24.0 Å². The van der Waals surface area contributed by atoms with Crippen molar-refractivity contribution in [1.82, 2.24) is 0 Å². The molecule has 2 nitrogen and oxygen atoms in total. The molecule has 2 atom stereocenters. The van der Waals surface area contributed by atoms with E-state index in [2.05, 4.69) is 81.6 Å². The van der Waals surface area contributed by atoms with E-state index in [1.165, 1.54) is 36.1 Å². The van der Waals surface area contributed by atoms with E-state index < -0.39 is 5.41 Å². The van der Waals surface area contributed by atoms with Crippen molar-refractivity contribution in [2.45, 2.75) is 32.1 Å². The standard InChI is InChI=1S/C27H33N2.HI/c1-21(2)11-10-16-29(3)18-25-24(26(25)19-29)17-27(20-28,22-12-6-4-7-13-22)23-14-8-5-9-15-23;/h4-9,11-15,24-26H,10,16-19H2,1-3H3;1H/q+1;/p-1. The van der Waals surface area contributed by atoms with Gasteiger partial charge in [-0.15, -0.1) is 0 Å². The molecule has 2 fully saturated rings. The summed E-state index contributed by atoms with van der Waals surface area (Å²) in [4.78, 5) is 0. The number of likely N-dealkylation sites (tertiary alicyclic amines) is 1. The van der Waals surface area contributed by atoms with Gasteiger partial charge in [-0.3, -0.25) is 0 Å². The van der Waals surface area contributed by atoms with Crippen molar-refractivity contribution in [2.75, 3.05) is 26.7 Å². The predicted octanol–water partition coefficient (Wildman–Crippen LogP) is 2.57. The fraction of sp³-hybridized carbons (Fsp3) is 0.444. The van der Waals surface area contributed by atoms with Gasteiger partial charge >= 0.3 is 0 Å². The van der Waals surface area contributed by atoms with Gasteiger partial charge in [0.1, 0.15) is 5.41 Å². The van der Waals surface area contributed by atoms with Gasteiger partial charge in [-0.1, -0.05) is 72.3 Å². The maximum Gasteiger partial charge on any atom is 0.107 e. The van der Waals surface area contributed by atoms with Crippen LogP contribution in [0, 0.1) is 29.1 Å². The summed E-state index contributed by atoms with van der Waals surface area (Å²) in [5.41, 5.74) is 3.16. The number of hydrogen-bond donors (Lipinski definition) is 0. The third kappa shape index (κ3) is 4.50. The van der Waals surface area contributed by atoms with Crippen LogP contribution in [-0.4, -0.2) is 31.2 Å². The first-order chi connectivity index (χ1) is 14.0. The second-order valence-electron chi connectivity index (χ2n) is 9.72. The Bertz CT molecular complexity index is 857. The van der Waals surface area contributed by atoms with Gasteiger partial charge in [0.15, 0.2) is 0 Å². The fourth-order valence-electron chi connectivity index (χ4n) is 5.68. The van der Waals surface area contributed by atoms with E-state index in [4.69, 9.17) is 0 Å². The van der Waals surface area contributed by atoms with Crippen LogP contribution in [0.1, 0.15) is 37.8 Å². The molecule has 1 saturated carbocycles. The van der Waals surface area contributed by atoms with Crippen LogP contribution in [0.3, 0.4) is 0 Å². The molecule has 1 saturated heterocycles. The Kier molecular flexibility index (Phi) is 7.09. The molecule has 3 heteroatoms. The molecule has 0 amide bonds. The van der Waals surface area contributed by atoms with Crippen LogP contribution >= 0.6 is 0 Å². The van der Waals surface area contributed by atoms with Crippen LogP contribution in [0.2, 0.25) is 0 Å². The highest BCUT2D eigenvalue weighted by Crippen LogP contribution is 2.59. The maximum absolute atomic E-state index is 10.4. The summed E-state index contributed by atoms with van der Waals surface area (Å²) in [5, 5.41) is 10.4. The zero-order valence-corrected chi connectivity index (χ0v) is 20.5. The first-order valence-electron chi connectivity index (χ1n) is 11.0. The van der Waals surface area contributed by atoms with Gasteiger partial charge in [-0.2, -0.15) is 5.26 Å². The first kappa shape index (κ1) is 23.0. The molecule has 0 bridgehead atoms.